The molecule has 0 aromatic rings. The largest absolute Gasteiger partial charge is 0.378 e. The highest BCUT2D eigenvalue weighted by molar-refractivity contribution is 7.99. The molecule has 2 saturated heterocycles. The molecule has 5 nitrogen and oxygen atoms in total. The van der Waals surface area contributed by atoms with Crippen molar-refractivity contribution in [2.45, 2.75) is 50.9 Å². The Kier molecular flexibility index (Phi) is 5.43. The summed E-state index contributed by atoms with van der Waals surface area (Å²) < 4.78 is 5.71. The molecule has 3 rings (SSSR count). The summed E-state index contributed by atoms with van der Waals surface area (Å²) in [5.41, 5.74) is 2.92. The second-order valence-electron chi connectivity index (χ2n) is 6.48. The third-order valence-corrected chi connectivity index (χ3v) is 6.07. The predicted molar refractivity (Wildman–Crippen MR) is 83.0 cm³/mol. The molecule has 5 atom stereocenters. The van der Waals surface area contributed by atoms with E-state index in [9.17, 15) is 4.79 Å². The lowest BCUT2D eigenvalue weighted by atomic mass is 9.83. The maximum absolute atomic E-state index is 12.0. The summed E-state index contributed by atoms with van der Waals surface area (Å²) in [7, 11) is 0. The van der Waals surface area contributed by atoms with E-state index in [1.807, 2.05) is 0 Å². The maximum Gasteiger partial charge on any atom is 0.230 e. The minimum atomic E-state index is 0.182. The first-order chi connectivity index (χ1) is 10.2. The summed E-state index contributed by atoms with van der Waals surface area (Å²) in [6, 6.07) is 0.358. The SMILES string of the molecule is CC1ONCC1CSCC(=O)NC1CCC2OCCC2C1. The van der Waals surface area contributed by atoms with Gasteiger partial charge in [0.15, 0.2) is 0 Å². The van der Waals surface area contributed by atoms with E-state index in [2.05, 4.69) is 17.7 Å². The van der Waals surface area contributed by atoms with Crippen molar-refractivity contribution in [2.75, 3.05) is 24.7 Å². The fourth-order valence-corrected chi connectivity index (χ4v) is 4.66. The van der Waals surface area contributed by atoms with Crippen molar-refractivity contribution in [1.82, 2.24) is 10.8 Å². The second kappa shape index (κ2) is 7.31. The van der Waals surface area contributed by atoms with Gasteiger partial charge >= 0.3 is 0 Å². The van der Waals surface area contributed by atoms with Crippen molar-refractivity contribution < 1.29 is 14.4 Å². The average molecular weight is 314 g/mol. The van der Waals surface area contributed by atoms with Crippen LogP contribution < -0.4 is 10.8 Å². The maximum atomic E-state index is 12.0. The van der Waals surface area contributed by atoms with E-state index in [0.717, 1.165) is 38.2 Å². The van der Waals surface area contributed by atoms with Crippen LogP contribution in [-0.4, -0.2) is 48.8 Å². The molecule has 120 valence electrons. The Morgan fingerprint density at radius 3 is 3.10 bits per heavy atom. The molecular formula is C15H26N2O3S. The van der Waals surface area contributed by atoms with Crippen LogP contribution in [-0.2, 0) is 14.4 Å². The molecule has 2 aliphatic heterocycles. The van der Waals surface area contributed by atoms with Crippen molar-refractivity contribution in [3.63, 3.8) is 0 Å². The number of nitrogens with one attached hydrogen (secondary N) is 2. The summed E-state index contributed by atoms with van der Waals surface area (Å²) in [6.07, 6.45) is 5.14. The number of carbonyl (C=O) groups excluding carboxylic acids is 1. The van der Waals surface area contributed by atoms with E-state index < -0.39 is 0 Å². The Bertz CT molecular complexity index is 369. The van der Waals surface area contributed by atoms with Crippen molar-refractivity contribution in [3.05, 3.63) is 0 Å². The summed E-state index contributed by atoms with van der Waals surface area (Å²) in [5.74, 6) is 2.89. The lowest BCUT2D eigenvalue weighted by molar-refractivity contribution is -0.119. The van der Waals surface area contributed by atoms with E-state index in [0.29, 0.717) is 29.7 Å². The molecule has 21 heavy (non-hydrogen) atoms. The Balaban J connectivity index is 1.32. The first kappa shape index (κ1) is 15.6. The van der Waals surface area contributed by atoms with Gasteiger partial charge in [-0.3, -0.25) is 9.63 Å². The number of ether oxygens (including phenoxy) is 1. The molecule has 0 bridgehead atoms. The molecule has 6 heteroatoms. The van der Waals surface area contributed by atoms with Crippen LogP contribution in [0.25, 0.3) is 0 Å². The lowest BCUT2D eigenvalue weighted by Crippen LogP contribution is -2.42. The first-order valence-electron chi connectivity index (χ1n) is 8.09. The average Bonchev–Trinajstić information content (AvgIpc) is 3.07. The molecule has 0 radical (unpaired) electrons. The molecule has 2 heterocycles. The van der Waals surface area contributed by atoms with Crippen LogP contribution in [0, 0.1) is 11.8 Å². The number of amides is 1. The van der Waals surface area contributed by atoms with Gasteiger partial charge in [-0.05, 0) is 38.5 Å². The van der Waals surface area contributed by atoms with Crippen LogP contribution in [0.2, 0.25) is 0 Å². The Morgan fingerprint density at radius 2 is 2.29 bits per heavy atom. The topological polar surface area (TPSA) is 59.6 Å². The second-order valence-corrected chi connectivity index (χ2v) is 7.51. The summed E-state index contributed by atoms with van der Waals surface area (Å²) >= 11 is 1.71. The number of hydroxylamine groups is 1. The van der Waals surface area contributed by atoms with E-state index in [1.165, 1.54) is 6.42 Å². The molecule has 0 aromatic heterocycles. The predicted octanol–water partition coefficient (Wildman–Crippen LogP) is 1.33. The summed E-state index contributed by atoms with van der Waals surface area (Å²) in [6.45, 7) is 3.87. The van der Waals surface area contributed by atoms with Gasteiger partial charge in [-0.25, -0.2) is 5.48 Å². The van der Waals surface area contributed by atoms with Crippen molar-refractivity contribution in [1.29, 1.82) is 0 Å². The quantitative estimate of drug-likeness (QED) is 0.802. The molecule has 3 aliphatic rings. The molecule has 0 aromatic carbocycles. The van der Waals surface area contributed by atoms with Crippen molar-refractivity contribution >= 4 is 17.7 Å². The summed E-state index contributed by atoms with van der Waals surface area (Å²) in [5, 5.41) is 3.21. The Hall–Kier alpha value is -0.300. The zero-order valence-corrected chi connectivity index (χ0v) is 13.5. The van der Waals surface area contributed by atoms with Gasteiger partial charge in [0.2, 0.25) is 5.91 Å². The van der Waals surface area contributed by atoms with Crippen molar-refractivity contribution in [3.8, 4) is 0 Å². The van der Waals surface area contributed by atoms with E-state index >= 15 is 0 Å². The van der Waals surface area contributed by atoms with Gasteiger partial charge in [0, 0.05) is 30.9 Å². The summed E-state index contributed by atoms with van der Waals surface area (Å²) in [4.78, 5) is 17.4. The van der Waals surface area contributed by atoms with E-state index in [1.54, 1.807) is 11.8 Å². The molecule has 2 N–H and O–H groups in total. The zero-order valence-electron chi connectivity index (χ0n) is 12.7. The van der Waals surface area contributed by atoms with Gasteiger partial charge in [0.05, 0.1) is 18.0 Å². The third kappa shape index (κ3) is 4.12. The molecule has 0 spiro atoms. The number of hydrogen-bond donors (Lipinski definition) is 2. The van der Waals surface area contributed by atoms with Crippen LogP contribution in [0.1, 0.15) is 32.6 Å². The van der Waals surface area contributed by atoms with Gasteiger partial charge in [0.25, 0.3) is 0 Å². The number of fused-ring (bicyclic) bond motifs is 1. The molecule has 1 aliphatic carbocycles. The molecule has 1 saturated carbocycles. The molecular weight excluding hydrogens is 288 g/mol. The number of hydrogen-bond acceptors (Lipinski definition) is 5. The minimum Gasteiger partial charge on any atom is -0.378 e. The van der Waals surface area contributed by atoms with Gasteiger partial charge in [-0.1, -0.05) is 0 Å². The highest BCUT2D eigenvalue weighted by Gasteiger charge is 2.35. The standard InChI is InChI=1S/C15H26N2O3S/c1-10-12(7-16-20-10)8-21-9-15(18)17-13-2-3-14-11(6-13)4-5-19-14/h10-14,16H,2-9H2,1H3,(H,17,18). The highest BCUT2D eigenvalue weighted by atomic mass is 32.2. The van der Waals surface area contributed by atoms with Crippen LogP contribution in [0.4, 0.5) is 0 Å². The van der Waals surface area contributed by atoms with Crippen molar-refractivity contribution in [2.24, 2.45) is 11.8 Å². The molecule has 5 unspecified atom stereocenters. The number of carbonyl (C=O) groups is 1. The van der Waals surface area contributed by atoms with Crippen LogP contribution in [0.5, 0.6) is 0 Å². The van der Waals surface area contributed by atoms with Crippen LogP contribution in [0.15, 0.2) is 0 Å². The zero-order chi connectivity index (χ0) is 14.7. The molecule has 3 fully saturated rings. The Labute approximate surface area is 130 Å². The van der Waals surface area contributed by atoms with Crippen LogP contribution >= 0.6 is 11.8 Å². The van der Waals surface area contributed by atoms with E-state index in [-0.39, 0.29) is 12.0 Å². The van der Waals surface area contributed by atoms with Gasteiger partial charge < -0.3 is 10.1 Å². The highest BCUT2D eigenvalue weighted by Crippen LogP contribution is 2.34. The van der Waals surface area contributed by atoms with Gasteiger partial charge in [-0.2, -0.15) is 11.8 Å². The lowest BCUT2D eigenvalue weighted by Gasteiger charge is -2.31. The monoisotopic (exact) mass is 314 g/mol. The Morgan fingerprint density at radius 1 is 1.38 bits per heavy atom. The first-order valence-corrected chi connectivity index (χ1v) is 9.25. The van der Waals surface area contributed by atoms with Crippen LogP contribution in [0.3, 0.4) is 0 Å². The molecule has 1 amide bonds. The normalized spacial score (nSPS) is 39.2. The minimum absolute atomic E-state index is 0.182. The van der Waals surface area contributed by atoms with E-state index in [4.69, 9.17) is 9.57 Å². The third-order valence-electron chi connectivity index (χ3n) is 4.94. The fraction of sp³-hybridized carbons (Fsp3) is 0.933. The fourth-order valence-electron chi connectivity index (χ4n) is 3.58. The number of thioether (sulfide) groups is 1. The van der Waals surface area contributed by atoms with Gasteiger partial charge in [-0.15, -0.1) is 0 Å². The van der Waals surface area contributed by atoms with Gasteiger partial charge in [0.1, 0.15) is 0 Å². The number of rotatable bonds is 5. The smallest absolute Gasteiger partial charge is 0.230 e.